The molecule has 0 bridgehead atoms. The normalized spacial score (nSPS) is 10.9. The summed E-state index contributed by atoms with van der Waals surface area (Å²) in [5.41, 5.74) is 3.54. The minimum Gasteiger partial charge on any atom is -0.491 e. The lowest BCUT2D eigenvalue weighted by atomic mass is 10.2. The highest BCUT2D eigenvalue weighted by molar-refractivity contribution is 5.80. The highest BCUT2D eigenvalue weighted by atomic mass is 16.6. The third kappa shape index (κ3) is 4.55. The Bertz CT molecular complexity index is 651. The Kier molecular flexibility index (Phi) is 5.02. The SMILES string of the molecule is CC(C)Oc1ccc(/C=N/Nc2ccc([N+](=O)[O-])cn2)cc1. The molecule has 1 aromatic heterocycles. The summed E-state index contributed by atoms with van der Waals surface area (Å²) < 4.78 is 5.55. The molecule has 0 aliphatic heterocycles. The first-order valence-electron chi connectivity index (χ1n) is 6.71. The summed E-state index contributed by atoms with van der Waals surface area (Å²) >= 11 is 0. The van der Waals surface area contributed by atoms with E-state index < -0.39 is 4.92 Å². The van der Waals surface area contributed by atoms with Gasteiger partial charge in [-0.15, -0.1) is 0 Å². The number of hydrazone groups is 1. The molecule has 114 valence electrons. The van der Waals surface area contributed by atoms with Crippen LogP contribution in [0, 0.1) is 10.1 Å². The van der Waals surface area contributed by atoms with Crippen LogP contribution in [-0.2, 0) is 0 Å². The van der Waals surface area contributed by atoms with E-state index in [0.717, 1.165) is 11.3 Å². The van der Waals surface area contributed by atoms with Gasteiger partial charge in [-0.3, -0.25) is 15.5 Å². The quantitative estimate of drug-likeness (QED) is 0.502. The van der Waals surface area contributed by atoms with E-state index in [4.69, 9.17) is 4.74 Å². The van der Waals surface area contributed by atoms with Crippen LogP contribution < -0.4 is 10.2 Å². The standard InChI is InChI=1S/C15H16N4O3/c1-11(2)22-14-6-3-12(4-7-14)9-17-18-15-8-5-13(10-16-15)19(20)21/h3-11H,1-2H3,(H,16,18)/b17-9+. The fraction of sp³-hybridized carbons (Fsp3) is 0.200. The maximum Gasteiger partial charge on any atom is 0.287 e. The highest BCUT2D eigenvalue weighted by Crippen LogP contribution is 2.13. The van der Waals surface area contributed by atoms with Gasteiger partial charge in [0.05, 0.1) is 17.2 Å². The van der Waals surface area contributed by atoms with Gasteiger partial charge in [0.15, 0.2) is 0 Å². The molecule has 7 nitrogen and oxygen atoms in total. The average Bonchev–Trinajstić information content (AvgIpc) is 2.49. The molecule has 0 saturated heterocycles. The van der Waals surface area contributed by atoms with Crippen LogP contribution >= 0.6 is 0 Å². The Morgan fingerprint density at radius 2 is 2.00 bits per heavy atom. The zero-order chi connectivity index (χ0) is 15.9. The molecule has 2 aromatic rings. The summed E-state index contributed by atoms with van der Waals surface area (Å²) in [6.07, 6.45) is 2.94. The summed E-state index contributed by atoms with van der Waals surface area (Å²) in [6.45, 7) is 3.94. The molecular weight excluding hydrogens is 284 g/mol. The first-order valence-corrected chi connectivity index (χ1v) is 6.71. The molecule has 0 spiro atoms. The Morgan fingerprint density at radius 1 is 1.27 bits per heavy atom. The van der Waals surface area contributed by atoms with Gasteiger partial charge in [0, 0.05) is 6.07 Å². The number of ether oxygens (including phenoxy) is 1. The van der Waals surface area contributed by atoms with Crippen LogP contribution in [0.4, 0.5) is 11.5 Å². The molecule has 0 saturated carbocycles. The van der Waals surface area contributed by atoms with E-state index in [1.54, 1.807) is 6.21 Å². The van der Waals surface area contributed by atoms with Crippen molar-refractivity contribution in [2.45, 2.75) is 20.0 Å². The van der Waals surface area contributed by atoms with Crippen LogP contribution in [0.25, 0.3) is 0 Å². The number of nitrogens with one attached hydrogen (secondary N) is 1. The van der Waals surface area contributed by atoms with Crippen LogP contribution in [0.5, 0.6) is 5.75 Å². The van der Waals surface area contributed by atoms with Gasteiger partial charge in [-0.2, -0.15) is 5.10 Å². The first-order chi connectivity index (χ1) is 10.5. The Morgan fingerprint density at radius 3 is 2.55 bits per heavy atom. The van der Waals surface area contributed by atoms with Gasteiger partial charge in [0.2, 0.25) is 0 Å². The molecule has 0 aliphatic carbocycles. The predicted molar refractivity (Wildman–Crippen MR) is 84.3 cm³/mol. The van der Waals surface area contributed by atoms with E-state index in [2.05, 4.69) is 15.5 Å². The molecular formula is C15H16N4O3. The lowest BCUT2D eigenvalue weighted by molar-refractivity contribution is -0.385. The fourth-order valence-electron chi connectivity index (χ4n) is 1.64. The van der Waals surface area contributed by atoms with Crippen LogP contribution in [0.1, 0.15) is 19.4 Å². The highest BCUT2D eigenvalue weighted by Gasteiger charge is 2.04. The van der Waals surface area contributed by atoms with Crippen molar-refractivity contribution in [2.75, 3.05) is 5.43 Å². The second kappa shape index (κ2) is 7.16. The first kappa shape index (κ1) is 15.4. The number of hydrogen-bond acceptors (Lipinski definition) is 6. The topological polar surface area (TPSA) is 89.6 Å². The van der Waals surface area contributed by atoms with Crippen molar-refractivity contribution in [3.05, 3.63) is 58.3 Å². The van der Waals surface area contributed by atoms with Crippen molar-refractivity contribution in [1.29, 1.82) is 0 Å². The van der Waals surface area contributed by atoms with E-state index in [0.29, 0.717) is 5.82 Å². The molecule has 0 radical (unpaired) electrons. The molecule has 7 heteroatoms. The minimum absolute atomic E-state index is 0.0599. The van der Waals surface area contributed by atoms with Gasteiger partial charge >= 0.3 is 0 Å². The molecule has 1 heterocycles. The van der Waals surface area contributed by atoms with Gasteiger partial charge in [-0.1, -0.05) is 0 Å². The number of nitrogens with zero attached hydrogens (tertiary/aromatic N) is 3. The summed E-state index contributed by atoms with van der Waals surface area (Å²) in [7, 11) is 0. The molecule has 22 heavy (non-hydrogen) atoms. The maximum atomic E-state index is 10.5. The van der Waals surface area contributed by atoms with Gasteiger partial charge < -0.3 is 4.74 Å². The van der Waals surface area contributed by atoms with Gasteiger partial charge in [-0.05, 0) is 49.7 Å². The van der Waals surface area contributed by atoms with Crippen molar-refractivity contribution < 1.29 is 9.66 Å². The van der Waals surface area contributed by atoms with Crippen molar-refractivity contribution >= 4 is 17.7 Å². The van der Waals surface area contributed by atoms with Crippen LogP contribution in [0.15, 0.2) is 47.7 Å². The lowest BCUT2D eigenvalue weighted by Crippen LogP contribution is -2.05. The second-order valence-corrected chi connectivity index (χ2v) is 4.76. The van der Waals surface area contributed by atoms with E-state index in [-0.39, 0.29) is 11.8 Å². The van der Waals surface area contributed by atoms with E-state index in [1.807, 2.05) is 38.1 Å². The number of benzene rings is 1. The third-order valence-corrected chi connectivity index (χ3v) is 2.60. The maximum absolute atomic E-state index is 10.5. The summed E-state index contributed by atoms with van der Waals surface area (Å²) in [5.74, 6) is 1.23. The predicted octanol–water partition coefficient (Wildman–Crippen LogP) is 3.22. The molecule has 0 unspecified atom stereocenters. The molecule has 0 fully saturated rings. The number of anilines is 1. The summed E-state index contributed by atoms with van der Waals surface area (Å²) in [5, 5.41) is 14.5. The number of hydrogen-bond donors (Lipinski definition) is 1. The van der Waals surface area contributed by atoms with Crippen molar-refractivity contribution in [1.82, 2.24) is 4.98 Å². The molecule has 2 rings (SSSR count). The van der Waals surface area contributed by atoms with Crippen LogP contribution in [0.2, 0.25) is 0 Å². The smallest absolute Gasteiger partial charge is 0.287 e. The van der Waals surface area contributed by atoms with Crippen molar-refractivity contribution in [2.24, 2.45) is 5.10 Å². The summed E-state index contributed by atoms with van der Waals surface area (Å²) in [4.78, 5) is 13.9. The van der Waals surface area contributed by atoms with Gasteiger partial charge in [-0.25, -0.2) is 4.98 Å². The van der Waals surface area contributed by atoms with E-state index >= 15 is 0 Å². The Hall–Kier alpha value is -2.96. The fourth-order valence-corrected chi connectivity index (χ4v) is 1.64. The summed E-state index contributed by atoms with van der Waals surface area (Å²) in [6, 6.07) is 10.4. The second-order valence-electron chi connectivity index (χ2n) is 4.76. The van der Waals surface area contributed by atoms with Crippen LogP contribution in [0.3, 0.4) is 0 Å². The molecule has 0 amide bonds. The van der Waals surface area contributed by atoms with Gasteiger partial charge in [0.25, 0.3) is 5.69 Å². The Balaban J connectivity index is 1.93. The number of aromatic nitrogens is 1. The third-order valence-electron chi connectivity index (χ3n) is 2.60. The molecule has 1 N–H and O–H groups in total. The lowest BCUT2D eigenvalue weighted by Gasteiger charge is -2.09. The number of pyridine rings is 1. The van der Waals surface area contributed by atoms with Crippen molar-refractivity contribution in [3.8, 4) is 5.75 Å². The molecule has 0 atom stereocenters. The monoisotopic (exact) mass is 300 g/mol. The van der Waals surface area contributed by atoms with E-state index in [1.165, 1.54) is 18.3 Å². The minimum atomic E-state index is -0.499. The average molecular weight is 300 g/mol. The largest absolute Gasteiger partial charge is 0.491 e. The number of rotatable bonds is 6. The van der Waals surface area contributed by atoms with Crippen molar-refractivity contribution in [3.63, 3.8) is 0 Å². The molecule has 1 aromatic carbocycles. The zero-order valence-electron chi connectivity index (χ0n) is 12.3. The zero-order valence-corrected chi connectivity index (χ0v) is 12.3. The van der Waals surface area contributed by atoms with Gasteiger partial charge in [0.1, 0.15) is 17.8 Å². The van der Waals surface area contributed by atoms with Crippen LogP contribution in [-0.4, -0.2) is 22.2 Å². The van der Waals surface area contributed by atoms with E-state index in [9.17, 15) is 10.1 Å². The number of nitro groups is 1. The molecule has 0 aliphatic rings. The Labute approximate surface area is 127 Å².